The first-order valence-electron chi connectivity index (χ1n) is 18.2. The summed E-state index contributed by atoms with van der Waals surface area (Å²) in [5.74, 6) is 0.703. The Balaban J connectivity index is 1.03. The van der Waals surface area contributed by atoms with Gasteiger partial charge in [-0.15, -0.1) is 0 Å². The first-order chi connectivity index (χ1) is 26.8. The van der Waals surface area contributed by atoms with E-state index in [4.69, 9.17) is 15.0 Å². The Morgan fingerprint density at radius 2 is 0.889 bits per heavy atom. The predicted molar refractivity (Wildman–Crippen MR) is 222 cm³/mol. The lowest BCUT2D eigenvalue weighted by molar-refractivity contribution is 1.11. The van der Waals surface area contributed by atoms with Crippen LogP contribution in [0, 0.1) is 0 Å². The molecule has 0 aliphatic rings. The molecule has 0 atom stereocenters. The fourth-order valence-corrected chi connectivity index (χ4v) is 7.99. The molecular weight excluding hydrogens is 659 g/mol. The molecule has 0 unspecified atom stereocenters. The molecule has 0 aliphatic heterocycles. The van der Waals surface area contributed by atoms with Crippen LogP contribution in [0.1, 0.15) is 0 Å². The fourth-order valence-electron chi connectivity index (χ4n) is 7.99. The first kappa shape index (κ1) is 30.3. The van der Waals surface area contributed by atoms with E-state index >= 15 is 0 Å². The molecule has 0 saturated heterocycles. The van der Waals surface area contributed by atoms with Gasteiger partial charge in [0.25, 0.3) is 0 Å². The number of nitrogens with zero attached hydrogens (tertiary/aromatic N) is 5. The van der Waals surface area contributed by atoms with Crippen LogP contribution in [0.2, 0.25) is 0 Å². The summed E-state index contributed by atoms with van der Waals surface area (Å²) in [6, 6.07) is 66.0. The van der Waals surface area contributed by atoms with Gasteiger partial charge < -0.3 is 0 Å². The van der Waals surface area contributed by atoms with E-state index < -0.39 is 0 Å². The Labute approximate surface area is 311 Å². The Morgan fingerprint density at radius 1 is 0.370 bits per heavy atom. The molecule has 0 fully saturated rings. The van der Waals surface area contributed by atoms with Gasteiger partial charge in [0, 0.05) is 38.5 Å². The van der Waals surface area contributed by atoms with Crippen LogP contribution >= 0.6 is 0 Å². The van der Waals surface area contributed by atoms with Gasteiger partial charge in [0.05, 0.1) is 27.9 Å². The molecule has 5 nitrogen and oxygen atoms in total. The van der Waals surface area contributed by atoms with Gasteiger partial charge >= 0.3 is 0 Å². The van der Waals surface area contributed by atoms with Crippen molar-refractivity contribution in [2.75, 3.05) is 0 Å². The van der Waals surface area contributed by atoms with E-state index in [9.17, 15) is 0 Å². The zero-order valence-corrected chi connectivity index (χ0v) is 29.1. The molecule has 11 rings (SSSR count). The molecule has 11 aromatic rings. The molecule has 7 aromatic carbocycles. The highest BCUT2D eigenvalue weighted by Crippen LogP contribution is 2.40. The third-order valence-corrected chi connectivity index (χ3v) is 10.5. The minimum atomic E-state index is 0.703. The van der Waals surface area contributed by atoms with Crippen LogP contribution in [0.4, 0.5) is 0 Å². The number of imidazole rings is 1. The van der Waals surface area contributed by atoms with Crippen molar-refractivity contribution >= 4 is 49.4 Å². The van der Waals surface area contributed by atoms with Crippen molar-refractivity contribution in [3.05, 3.63) is 188 Å². The molecule has 0 bridgehead atoms. The van der Waals surface area contributed by atoms with Crippen LogP contribution < -0.4 is 0 Å². The zero-order chi connectivity index (χ0) is 35.6. The molecule has 54 heavy (non-hydrogen) atoms. The highest BCUT2D eigenvalue weighted by molar-refractivity contribution is 6.23. The first-order valence-corrected chi connectivity index (χ1v) is 18.2. The predicted octanol–water partition coefficient (Wildman–Crippen LogP) is 12.2. The molecule has 0 radical (unpaired) electrons. The summed E-state index contributed by atoms with van der Waals surface area (Å²) < 4.78 is 4.74. The van der Waals surface area contributed by atoms with Gasteiger partial charge in [-0.05, 0) is 52.9 Å². The van der Waals surface area contributed by atoms with Gasteiger partial charge in [-0.3, -0.25) is 8.97 Å². The Morgan fingerprint density at radius 3 is 1.56 bits per heavy atom. The SMILES string of the molecule is c1ccc(-c2cc(-c3ccccc3)nc(-c3ccc(-c4ccc(-n5c6ccccc6c6c7ccccc7c7nc8ccccc8n7c65)cc4)cc3)n2)cc1. The number of rotatable bonds is 5. The van der Waals surface area contributed by atoms with E-state index in [2.05, 4.69) is 161 Å². The number of aromatic nitrogens is 5. The number of para-hydroxylation sites is 3. The smallest absolute Gasteiger partial charge is 0.160 e. The van der Waals surface area contributed by atoms with E-state index in [0.29, 0.717) is 5.82 Å². The molecule has 0 amide bonds. The van der Waals surface area contributed by atoms with E-state index in [1.54, 1.807) is 0 Å². The van der Waals surface area contributed by atoms with Gasteiger partial charge in [-0.1, -0.05) is 152 Å². The Bertz CT molecular complexity index is 3120. The molecular formula is C49H31N5. The molecule has 252 valence electrons. The van der Waals surface area contributed by atoms with Gasteiger partial charge in [0.2, 0.25) is 0 Å². The van der Waals surface area contributed by atoms with Crippen molar-refractivity contribution in [2.45, 2.75) is 0 Å². The summed E-state index contributed by atoms with van der Waals surface area (Å²) >= 11 is 0. The monoisotopic (exact) mass is 689 g/mol. The lowest BCUT2D eigenvalue weighted by atomic mass is 10.0. The number of hydrogen-bond donors (Lipinski definition) is 0. The Hall–Kier alpha value is -7.37. The summed E-state index contributed by atoms with van der Waals surface area (Å²) in [5, 5.41) is 4.80. The van der Waals surface area contributed by atoms with E-state index in [-0.39, 0.29) is 0 Å². The van der Waals surface area contributed by atoms with E-state index in [1.165, 1.54) is 16.2 Å². The average molecular weight is 690 g/mol. The maximum absolute atomic E-state index is 5.16. The lowest BCUT2D eigenvalue weighted by Gasteiger charge is -2.12. The number of hydrogen-bond acceptors (Lipinski definition) is 3. The third kappa shape index (κ3) is 4.76. The van der Waals surface area contributed by atoms with Crippen LogP contribution in [0.25, 0.3) is 100 Å². The normalized spacial score (nSPS) is 11.7. The maximum atomic E-state index is 5.16. The third-order valence-electron chi connectivity index (χ3n) is 10.5. The topological polar surface area (TPSA) is 48.0 Å². The summed E-state index contributed by atoms with van der Waals surface area (Å²) in [7, 11) is 0. The van der Waals surface area contributed by atoms with Crippen LogP contribution in [0.5, 0.6) is 0 Å². The molecule has 0 aliphatic carbocycles. The van der Waals surface area contributed by atoms with Crippen molar-refractivity contribution in [2.24, 2.45) is 0 Å². The Kier molecular flexibility index (Phi) is 6.79. The summed E-state index contributed by atoms with van der Waals surface area (Å²) in [6.45, 7) is 0. The number of benzene rings is 7. The minimum absolute atomic E-state index is 0.703. The summed E-state index contributed by atoms with van der Waals surface area (Å²) in [5.41, 5.74) is 13.6. The summed E-state index contributed by atoms with van der Waals surface area (Å²) in [4.78, 5) is 15.2. The second-order valence-corrected chi connectivity index (χ2v) is 13.7. The van der Waals surface area contributed by atoms with E-state index in [0.717, 1.165) is 78.1 Å². The van der Waals surface area contributed by atoms with Crippen molar-refractivity contribution in [1.29, 1.82) is 0 Å². The van der Waals surface area contributed by atoms with E-state index in [1.807, 2.05) is 36.4 Å². The van der Waals surface area contributed by atoms with Crippen LogP contribution in [0.3, 0.4) is 0 Å². The van der Waals surface area contributed by atoms with Crippen molar-refractivity contribution < 1.29 is 0 Å². The highest BCUT2D eigenvalue weighted by Gasteiger charge is 2.21. The largest absolute Gasteiger partial charge is 0.295 e. The second-order valence-electron chi connectivity index (χ2n) is 13.7. The fraction of sp³-hybridized carbons (Fsp3) is 0. The quantitative estimate of drug-likeness (QED) is 0.181. The molecule has 4 aromatic heterocycles. The summed E-state index contributed by atoms with van der Waals surface area (Å²) in [6.07, 6.45) is 0. The number of fused-ring (bicyclic) bond motifs is 10. The second kappa shape index (κ2) is 12.1. The standard InChI is InChI=1S/C49H31N5/c1-3-13-34(14-4-1)42-31-43(35-15-5-2-6-16-35)51-47(50-42)36-25-23-32(24-26-36)33-27-29-37(30-28-33)53-44-21-11-9-19-40(44)46-38-17-7-8-18-39(38)48-52-41-20-10-12-22-45(41)54(48)49(46)53/h1-31H. The molecule has 5 heteroatoms. The highest BCUT2D eigenvalue weighted by atomic mass is 15.1. The van der Waals surface area contributed by atoms with Gasteiger partial charge in [-0.2, -0.15) is 0 Å². The molecule has 0 saturated carbocycles. The van der Waals surface area contributed by atoms with Gasteiger partial charge in [0.15, 0.2) is 5.82 Å². The van der Waals surface area contributed by atoms with Gasteiger partial charge in [-0.25, -0.2) is 15.0 Å². The lowest BCUT2D eigenvalue weighted by Crippen LogP contribution is -1.99. The van der Waals surface area contributed by atoms with Crippen molar-refractivity contribution in [3.8, 4) is 50.7 Å². The van der Waals surface area contributed by atoms with Crippen LogP contribution in [0.15, 0.2) is 188 Å². The van der Waals surface area contributed by atoms with Gasteiger partial charge in [0.1, 0.15) is 11.3 Å². The average Bonchev–Trinajstić information content (AvgIpc) is 3.81. The van der Waals surface area contributed by atoms with Crippen LogP contribution in [-0.2, 0) is 0 Å². The molecule has 0 spiro atoms. The molecule has 0 N–H and O–H groups in total. The molecule has 4 heterocycles. The van der Waals surface area contributed by atoms with Crippen molar-refractivity contribution in [1.82, 2.24) is 23.9 Å². The van der Waals surface area contributed by atoms with Crippen LogP contribution in [-0.4, -0.2) is 23.9 Å². The maximum Gasteiger partial charge on any atom is 0.160 e. The minimum Gasteiger partial charge on any atom is -0.295 e. The van der Waals surface area contributed by atoms with Crippen molar-refractivity contribution in [3.63, 3.8) is 0 Å². The zero-order valence-electron chi connectivity index (χ0n) is 29.1. The number of pyridine rings is 1.